The zero-order valence-electron chi connectivity index (χ0n) is 10.2. The lowest BCUT2D eigenvalue weighted by atomic mass is 10.1. The molecule has 0 bridgehead atoms. The Bertz CT molecular complexity index is 587. The van der Waals surface area contributed by atoms with Crippen molar-refractivity contribution in [1.29, 1.82) is 0 Å². The van der Waals surface area contributed by atoms with Gasteiger partial charge < -0.3 is 10.4 Å². The topological polar surface area (TPSA) is 75.1 Å². The second-order valence-corrected chi connectivity index (χ2v) is 4.40. The summed E-state index contributed by atoms with van der Waals surface area (Å²) in [7, 11) is 0. The summed E-state index contributed by atoms with van der Waals surface area (Å²) >= 11 is 5.60. The third-order valence-electron chi connectivity index (χ3n) is 2.57. The molecular weight excluding hydrogens is 266 g/mol. The molecule has 0 aliphatic heterocycles. The second kappa shape index (κ2) is 5.67. The molecule has 98 valence electrons. The van der Waals surface area contributed by atoms with E-state index in [4.69, 9.17) is 11.6 Å². The molecule has 0 saturated carbocycles. The first-order valence-corrected chi connectivity index (χ1v) is 6.01. The van der Waals surface area contributed by atoms with E-state index in [0.717, 1.165) is 5.56 Å². The molecule has 1 amide bonds. The van der Waals surface area contributed by atoms with Crippen molar-refractivity contribution in [3.63, 3.8) is 0 Å². The van der Waals surface area contributed by atoms with Crippen LogP contribution < -0.4 is 5.32 Å². The van der Waals surface area contributed by atoms with Crippen LogP contribution in [0, 0.1) is 0 Å². The summed E-state index contributed by atoms with van der Waals surface area (Å²) in [6, 6.07) is 6.45. The van der Waals surface area contributed by atoms with Gasteiger partial charge in [-0.1, -0.05) is 23.7 Å². The van der Waals surface area contributed by atoms with Gasteiger partial charge in [-0.25, -0.2) is 9.97 Å². The van der Waals surface area contributed by atoms with Crippen LogP contribution in [-0.4, -0.2) is 21.0 Å². The number of phenolic OH excluding ortho intramolecular Hbond substituents is 1. The van der Waals surface area contributed by atoms with E-state index in [2.05, 4.69) is 15.3 Å². The Morgan fingerprint density at radius 2 is 2.16 bits per heavy atom. The van der Waals surface area contributed by atoms with E-state index >= 15 is 0 Å². The molecule has 1 heterocycles. The molecule has 6 heteroatoms. The molecule has 1 aromatic carbocycles. The normalized spacial score (nSPS) is 11.9. The first-order valence-electron chi connectivity index (χ1n) is 5.63. The Labute approximate surface area is 115 Å². The number of hydrogen-bond acceptors (Lipinski definition) is 4. The summed E-state index contributed by atoms with van der Waals surface area (Å²) in [5.41, 5.74) is 0.992. The van der Waals surface area contributed by atoms with Gasteiger partial charge in [-0.15, -0.1) is 0 Å². The molecule has 2 aromatic rings. The number of benzene rings is 1. The Morgan fingerprint density at radius 1 is 1.37 bits per heavy atom. The molecule has 1 atom stereocenters. The van der Waals surface area contributed by atoms with Gasteiger partial charge in [0.2, 0.25) is 0 Å². The molecule has 1 aromatic heterocycles. The van der Waals surface area contributed by atoms with Crippen LogP contribution in [0.5, 0.6) is 5.75 Å². The SMILES string of the molecule is CC(NC(=O)c1cnc(Cl)cn1)c1cccc(O)c1. The summed E-state index contributed by atoms with van der Waals surface area (Å²) in [6.45, 7) is 1.82. The number of phenols is 1. The van der Waals surface area contributed by atoms with Gasteiger partial charge in [-0.05, 0) is 24.6 Å². The molecule has 0 spiro atoms. The van der Waals surface area contributed by atoms with Gasteiger partial charge in [0.05, 0.1) is 18.4 Å². The molecule has 0 saturated heterocycles. The Kier molecular flexibility index (Phi) is 3.97. The predicted octanol–water partition coefficient (Wildman–Crippen LogP) is 2.33. The fraction of sp³-hybridized carbons (Fsp3) is 0.154. The van der Waals surface area contributed by atoms with Crippen molar-refractivity contribution in [1.82, 2.24) is 15.3 Å². The molecule has 0 aliphatic carbocycles. The van der Waals surface area contributed by atoms with Gasteiger partial charge in [0.1, 0.15) is 16.6 Å². The van der Waals surface area contributed by atoms with Gasteiger partial charge in [0, 0.05) is 0 Å². The highest BCUT2D eigenvalue weighted by Crippen LogP contribution is 2.18. The van der Waals surface area contributed by atoms with Crippen LogP contribution in [0.4, 0.5) is 0 Å². The highest BCUT2D eigenvalue weighted by atomic mass is 35.5. The molecule has 0 fully saturated rings. The number of aromatic hydroxyl groups is 1. The van der Waals surface area contributed by atoms with Crippen molar-refractivity contribution in [3.05, 3.63) is 53.1 Å². The van der Waals surface area contributed by atoms with Crippen molar-refractivity contribution in [2.45, 2.75) is 13.0 Å². The van der Waals surface area contributed by atoms with Gasteiger partial charge in [0.15, 0.2) is 0 Å². The number of carbonyl (C=O) groups excluding carboxylic acids is 1. The van der Waals surface area contributed by atoms with Gasteiger partial charge >= 0.3 is 0 Å². The first kappa shape index (κ1) is 13.3. The van der Waals surface area contributed by atoms with Crippen LogP contribution in [0.15, 0.2) is 36.7 Å². The Hall–Kier alpha value is -2.14. The fourth-order valence-corrected chi connectivity index (χ4v) is 1.68. The summed E-state index contributed by atoms with van der Waals surface area (Å²) < 4.78 is 0. The largest absolute Gasteiger partial charge is 0.508 e. The monoisotopic (exact) mass is 277 g/mol. The van der Waals surface area contributed by atoms with Crippen molar-refractivity contribution in [3.8, 4) is 5.75 Å². The standard InChI is InChI=1S/C13H12ClN3O2/c1-8(9-3-2-4-10(18)5-9)17-13(19)11-6-16-12(14)7-15-11/h2-8,18H,1H3,(H,17,19). The highest BCUT2D eigenvalue weighted by Gasteiger charge is 2.13. The average molecular weight is 278 g/mol. The Balaban J connectivity index is 2.08. The first-order chi connectivity index (χ1) is 9.06. The summed E-state index contributed by atoms with van der Waals surface area (Å²) in [5, 5.41) is 12.4. The smallest absolute Gasteiger partial charge is 0.271 e. The minimum Gasteiger partial charge on any atom is -0.508 e. The summed E-state index contributed by atoms with van der Waals surface area (Å²) in [4.78, 5) is 19.6. The van der Waals surface area contributed by atoms with Crippen molar-refractivity contribution >= 4 is 17.5 Å². The van der Waals surface area contributed by atoms with Crippen LogP contribution in [0.1, 0.15) is 29.0 Å². The van der Waals surface area contributed by atoms with Crippen LogP contribution in [-0.2, 0) is 0 Å². The maximum atomic E-state index is 11.9. The van der Waals surface area contributed by atoms with Crippen LogP contribution in [0.25, 0.3) is 0 Å². The van der Waals surface area contributed by atoms with Crippen LogP contribution in [0.2, 0.25) is 5.15 Å². The maximum Gasteiger partial charge on any atom is 0.271 e. The van der Waals surface area contributed by atoms with Gasteiger partial charge in [-0.3, -0.25) is 4.79 Å². The number of nitrogens with one attached hydrogen (secondary N) is 1. The van der Waals surface area contributed by atoms with Crippen LogP contribution >= 0.6 is 11.6 Å². The van der Waals surface area contributed by atoms with E-state index < -0.39 is 0 Å². The number of carbonyl (C=O) groups is 1. The molecule has 0 radical (unpaired) electrons. The molecule has 2 N–H and O–H groups in total. The lowest BCUT2D eigenvalue weighted by Crippen LogP contribution is -2.27. The number of halogens is 1. The van der Waals surface area contributed by atoms with Crippen molar-refractivity contribution < 1.29 is 9.90 Å². The van der Waals surface area contributed by atoms with E-state index in [-0.39, 0.29) is 28.5 Å². The van der Waals surface area contributed by atoms with Crippen molar-refractivity contribution in [2.24, 2.45) is 0 Å². The molecule has 1 unspecified atom stereocenters. The van der Waals surface area contributed by atoms with Gasteiger partial charge in [0.25, 0.3) is 5.91 Å². The molecule has 19 heavy (non-hydrogen) atoms. The molecule has 0 aliphatic rings. The third kappa shape index (κ3) is 3.42. The molecule has 2 rings (SSSR count). The minimum absolute atomic E-state index is 0.157. The average Bonchev–Trinajstić information content (AvgIpc) is 2.39. The third-order valence-corrected chi connectivity index (χ3v) is 2.77. The van der Waals surface area contributed by atoms with Gasteiger partial charge in [-0.2, -0.15) is 0 Å². The summed E-state index contributed by atoms with van der Waals surface area (Å²) in [6.07, 6.45) is 2.63. The van der Waals surface area contributed by atoms with E-state index in [9.17, 15) is 9.90 Å². The van der Waals surface area contributed by atoms with Crippen molar-refractivity contribution in [2.75, 3.05) is 0 Å². The number of rotatable bonds is 3. The van der Waals surface area contributed by atoms with E-state index in [0.29, 0.717) is 0 Å². The second-order valence-electron chi connectivity index (χ2n) is 4.01. The number of hydrogen-bond donors (Lipinski definition) is 2. The Morgan fingerprint density at radius 3 is 2.79 bits per heavy atom. The zero-order valence-corrected chi connectivity index (χ0v) is 10.9. The number of amides is 1. The lowest BCUT2D eigenvalue weighted by molar-refractivity contribution is 0.0934. The highest BCUT2D eigenvalue weighted by molar-refractivity contribution is 6.29. The number of nitrogens with zero attached hydrogens (tertiary/aromatic N) is 2. The fourth-order valence-electron chi connectivity index (χ4n) is 1.58. The maximum absolute atomic E-state index is 11.9. The summed E-state index contributed by atoms with van der Waals surface area (Å²) in [5.74, 6) is -0.190. The predicted molar refractivity (Wildman–Crippen MR) is 71.0 cm³/mol. The number of aromatic nitrogens is 2. The van der Waals surface area contributed by atoms with Crippen LogP contribution in [0.3, 0.4) is 0 Å². The quantitative estimate of drug-likeness (QED) is 0.903. The molecular formula is C13H12ClN3O2. The van der Waals surface area contributed by atoms with E-state index in [1.807, 2.05) is 13.0 Å². The lowest BCUT2D eigenvalue weighted by Gasteiger charge is -2.14. The zero-order chi connectivity index (χ0) is 13.8. The molecule has 5 nitrogen and oxygen atoms in total. The minimum atomic E-state index is -0.347. The van der Waals surface area contributed by atoms with E-state index in [1.54, 1.807) is 18.2 Å². The van der Waals surface area contributed by atoms with E-state index in [1.165, 1.54) is 12.4 Å².